The van der Waals surface area contributed by atoms with E-state index in [9.17, 15) is 9.59 Å². The summed E-state index contributed by atoms with van der Waals surface area (Å²) in [6.45, 7) is 2.86. The number of benzene rings is 1. The maximum absolute atomic E-state index is 13.3. The fraction of sp³-hybridized carbons (Fsp3) is 0.261. The van der Waals surface area contributed by atoms with Crippen molar-refractivity contribution in [2.45, 2.75) is 31.8 Å². The minimum absolute atomic E-state index is 0.0394. The second-order valence-electron chi connectivity index (χ2n) is 7.14. The number of nitrogens with zero attached hydrogens (tertiary/aromatic N) is 2. The molecule has 0 spiro atoms. The van der Waals surface area contributed by atoms with Crippen molar-refractivity contribution >= 4 is 23.2 Å². The summed E-state index contributed by atoms with van der Waals surface area (Å²) in [5.41, 5.74) is 2.77. The molecule has 1 aliphatic heterocycles. The lowest BCUT2D eigenvalue weighted by atomic mass is 9.93. The highest BCUT2D eigenvalue weighted by atomic mass is 32.1. The third-order valence-corrected chi connectivity index (χ3v) is 6.14. The zero-order chi connectivity index (χ0) is 20.2. The Labute approximate surface area is 174 Å². The largest absolute Gasteiger partial charge is 0.349 e. The van der Waals surface area contributed by atoms with Gasteiger partial charge in [0.25, 0.3) is 5.91 Å². The third-order valence-electron chi connectivity index (χ3n) is 5.28. The Morgan fingerprint density at radius 2 is 2.00 bits per heavy atom. The standard InChI is InChI=1S/C23H23N3O2S/c1-2-19(16-8-4-3-5-9-16)25-22(27)18-15-26(23(28)20-11-7-13-29-20)14-17-10-6-12-24-21(17)18/h3-13,18-19H,2,14-15H2,1H3,(H,25,27). The van der Waals surface area contributed by atoms with Crippen LogP contribution in [0.15, 0.2) is 66.2 Å². The van der Waals surface area contributed by atoms with Gasteiger partial charge in [0, 0.05) is 19.3 Å². The molecule has 0 bridgehead atoms. The van der Waals surface area contributed by atoms with Crippen molar-refractivity contribution in [3.05, 3.63) is 87.9 Å². The minimum atomic E-state index is -0.485. The zero-order valence-electron chi connectivity index (χ0n) is 16.2. The Hall–Kier alpha value is -2.99. The van der Waals surface area contributed by atoms with Crippen LogP contribution < -0.4 is 5.32 Å². The molecule has 2 atom stereocenters. The molecule has 0 saturated carbocycles. The quantitative estimate of drug-likeness (QED) is 0.694. The number of fused-ring (bicyclic) bond motifs is 1. The van der Waals surface area contributed by atoms with Gasteiger partial charge in [0.05, 0.1) is 22.5 Å². The molecule has 1 aromatic carbocycles. The lowest BCUT2D eigenvalue weighted by Gasteiger charge is -2.33. The van der Waals surface area contributed by atoms with Crippen molar-refractivity contribution in [1.82, 2.24) is 15.2 Å². The zero-order valence-corrected chi connectivity index (χ0v) is 17.1. The molecule has 1 N–H and O–H groups in total. The molecule has 2 amide bonds. The molecule has 148 valence electrons. The summed E-state index contributed by atoms with van der Waals surface area (Å²) in [6, 6.07) is 17.4. The van der Waals surface area contributed by atoms with Crippen molar-refractivity contribution in [1.29, 1.82) is 0 Å². The first-order valence-electron chi connectivity index (χ1n) is 9.79. The van der Waals surface area contributed by atoms with Gasteiger partial charge in [-0.15, -0.1) is 11.3 Å². The molecule has 6 heteroatoms. The molecule has 3 aromatic rings. The molecule has 0 saturated heterocycles. The van der Waals surface area contributed by atoms with Crippen LogP contribution in [-0.4, -0.2) is 28.2 Å². The second-order valence-corrected chi connectivity index (χ2v) is 8.09. The monoisotopic (exact) mass is 405 g/mol. The summed E-state index contributed by atoms with van der Waals surface area (Å²) in [4.78, 5) is 33.1. The molecule has 29 heavy (non-hydrogen) atoms. The molecular weight excluding hydrogens is 382 g/mol. The van der Waals surface area contributed by atoms with Gasteiger partial charge in [-0.1, -0.05) is 49.4 Å². The molecule has 3 heterocycles. The van der Waals surface area contributed by atoms with Gasteiger partial charge in [-0.25, -0.2) is 0 Å². The number of carbonyl (C=O) groups excluding carboxylic acids is 2. The normalized spacial score (nSPS) is 16.7. The maximum atomic E-state index is 13.3. The van der Waals surface area contributed by atoms with Crippen molar-refractivity contribution in [2.24, 2.45) is 0 Å². The van der Waals surface area contributed by atoms with E-state index in [0.29, 0.717) is 18.0 Å². The molecule has 2 unspecified atom stereocenters. The summed E-state index contributed by atoms with van der Waals surface area (Å²) in [5.74, 6) is -0.617. The molecule has 1 aliphatic rings. The Morgan fingerprint density at radius 3 is 2.72 bits per heavy atom. The van der Waals surface area contributed by atoms with E-state index in [4.69, 9.17) is 0 Å². The topological polar surface area (TPSA) is 62.3 Å². The predicted molar refractivity (Wildman–Crippen MR) is 114 cm³/mol. The number of thiophene rings is 1. The Bertz CT molecular complexity index is 988. The molecule has 2 aromatic heterocycles. The SMILES string of the molecule is CCC(NC(=O)C1CN(C(=O)c2cccs2)Cc2cccnc21)c1ccccc1. The number of hydrogen-bond acceptors (Lipinski definition) is 4. The van der Waals surface area contributed by atoms with Gasteiger partial charge in [-0.05, 0) is 35.1 Å². The van der Waals surface area contributed by atoms with E-state index >= 15 is 0 Å². The first-order chi connectivity index (χ1) is 14.2. The molecule has 0 fully saturated rings. The van der Waals surface area contributed by atoms with Crippen LogP contribution in [0.1, 0.15) is 51.8 Å². The van der Waals surface area contributed by atoms with Gasteiger partial charge in [0.1, 0.15) is 0 Å². The van der Waals surface area contributed by atoms with Crippen LogP contribution >= 0.6 is 11.3 Å². The number of pyridine rings is 1. The van der Waals surface area contributed by atoms with Gasteiger partial charge in [0.15, 0.2) is 0 Å². The third kappa shape index (κ3) is 4.07. The van der Waals surface area contributed by atoms with E-state index in [0.717, 1.165) is 23.2 Å². The number of hydrogen-bond donors (Lipinski definition) is 1. The molecule has 4 rings (SSSR count). The van der Waals surface area contributed by atoms with Gasteiger partial charge < -0.3 is 10.2 Å². The lowest BCUT2D eigenvalue weighted by Crippen LogP contribution is -2.44. The predicted octanol–water partition coefficient (Wildman–Crippen LogP) is 4.15. The highest BCUT2D eigenvalue weighted by Gasteiger charge is 2.35. The first-order valence-corrected chi connectivity index (χ1v) is 10.7. The summed E-state index contributed by atoms with van der Waals surface area (Å²) in [5, 5.41) is 5.06. The van der Waals surface area contributed by atoms with Crippen LogP contribution in [-0.2, 0) is 11.3 Å². The lowest BCUT2D eigenvalue weighted by molar-refractivity contribution is -0.124. The molecule has 0 aliphatic carbocycles. The van der Waals surface area contributed by atoms with Crippen molar-refractivity contribution in [3.8, 4) is 0 Å². The number of aromatic nitrogens is 1. The van der Waals surface area contributed by atoms with Crippen LogP contribution in [0, 0.1) is 0 Å². The molecular formula is C23H23N3O2S. The van der Waals surface area contributed by atoms with Crippen LogP contribution in [0.3, 0.4) is 0 Å². The number of nitrogens with one attached hydrogen (secondary N) is 1. The van der Waals surface area contributed by atoms with Crippen molar-refractivity contribution in [2.75, 3.05) is 6.54 Å². The summed E-state index contributed by atoms with van der Waals surface area (Å²) < 4.78 is 0. The maximum Gasteiger partial charge on any atom is 0.264 e. The Kier molecular flexibility index (Phi) is 5.71. The first kappa shape index (κ1) is 19.3. The van der Waals surface area contributed by atoms with Gasteiger partial charge in [-0.2, -0.15) is 0 Å². The van der Waals surface area contributed by atoms with Gasteiger partial charge in [0.2, 0.25) is 5.91 Å². The fourth-order valence-corrected chi connectivity index (χ4v) is 4.46. The molecule has 0 radical (unpaired) electrons. The highest BCUT2D eigenvalue weighted by Crippen LogP contribution is 2.29. The van der Waals surface area contributed by atoms with E-state index < -0.39 is 5.92 Å². The van der Waals surface area contributed by atoms with Crippen LogP contribution in [0.25, 0.3) is 0 Å². The average molecular weight is 406 g/mol. The Balaban J connectivity index is 1.59. The van der Waals surface area contributed by atoms with Crippen LogP contribution in [0.4, 0.5) is 0 Å². The Morgan fingerprint density at radius 1 is 1.17 bits per heavy atom. The number of carbonyl (C=O) groups is 2. The number of amides is 2. The van der Waals surface area contributed by atoms with E-state index in [1.54, 1.807) is 11.1 Å². The minimum Gasteiger partial charge on any atom is -0.349 e. The smallest absolute Gasteiger partial charge is 0.264 e. The summed E-state index contributed by atoms with van der Waals surface area (Å²) in [7, 11) is 0. The summed E-state index contributed by atoms with van der Waals surface area (Å²) in [6.07, 6.45) is 2.50. The van der Waals surface area contributed by atoms with Crippen molar-refractivity contribution < 1.29 is 9.59 Å². The van der Waals surface area contributed by atoms with E-state index in [1.165, 1.54) is 11.3 Å². The van der Waals surface area contributed by atoms with Crippen molar-refractivity contribution in [3.63, 3.8) is 0 Å². The van der Waals surface area contributed by atoms with Crippen LogP contribution in [0.5, 0.6) is 0 Å². The van der Waals surface area contributed by atoms with E-state index in [2.05, 4.69) is 17.2 Å². The average Bonchev–Trinajstić information content (AvgIpc) is 3.31. The van der Waals surface area contributed by atoms with Crippen LogP contribution in [0.2, 0.25) is 0 Å². The number of rotatable bonds is 5. The van der Waals surface area contributed by atoms with E-state index in [1.807, 2.05) is 60.0 Å². The highest BCUT2D eigenvalue weighted by molar-refractivity contribution is 7.12. The molecule has 5 nitrogen and oxygen atoms in total. The van der Waals surface area contributed by atoms with Gasteiger partial charge >= 0.3 is 0 Å². The second kappa shape index (κ2) is 8.57. The van der Waals surface area contributed by atoms with Gasteiger partial charge in [-0.3, -0.25) is 14.6 Å². The fourth-order valence-electron chi connectivity index (χ4n) is 3.77. The van der Waals surface area contributed by atoms with E-state index in [-0.39, 0.29) is 17.9 Å². The summed E-state index contributed by atoms with van der Waals surface area (Å²) >= 11 is 1.42.